The van der Waals surface area contributed by atoms with Crippen molar-refractivity contribution in [2.75, 3.05) is 5.73 Å². The van der Waals surface area contributed by atoms with Gasteiger partial charge in [0.1, 0.15) is 5.69 Å². The van der Waals surface area contributed by atoms with E-state index in [1.54, 1.807) is 6.92 Å². The molecule has 0 bridgehead atoms. The maximum atomic E-state index is 11.2. The molecule has 0 saturated carbocycles. The van der Waals surface area contributed by atoms with Crippen LogP contribution in [0.4, 0.5) is 5.69 Å². The van der Waals surface area contributed by atoms with Crippen LogP contribution in [0, 0.1) is 6.92 Å². The van der Waals surface area contributed by atoms with Crippen molar-refractivity contribution >= 4 is 5.69 Å². The van der Waals surface area contributed by atoms with E-state index in [-0.39, 0.29) is 17.9 Å². The minimum atomic E-state index is -0.371. The van der Waals surface area contributed by atoms with Crippen LogP contribution in [0.1, 0.15) is 11.3 Å². The number of rotatable bonds is 1. The monoisotopic (exact) mass is 169 g/mol. The van der Waals surface area contributed by atoms with Crippen molar-refractivity contribution in [3.8, 4) is 0 Å². The molecule has 1 heterocycles. The quantitative estimate of drug-likeness (QED) is 0.574. The summed E-state index contributed by atoms with van der Waals surface area (Å²) in [5.74, 6) is 0. The third-order valence-corrected chi connectivity index (χ3v) is 1.74. The van der Waals surface area contributed by atoms with Gasteiger partial charge in [-0.3, -0.25) is 4.79 Å². The lowest BCUT2D eigenvalue weighted by molar-refractivity contribution is 0.280. The molecule has 3 N–H and O–H groups in total. The highest BCUT2D eigenvalue weighted by Gasteiger charge is 2.08. The first-order chi connectivity index (χ1) is 5.57. The average molecular weight is 169 g/mol. The van der Waals surface area contributed by atoms with Crippen LogP contribution in [0.15, 0.2) is 4.79 Å². The first-order valence-corrected chi connectivity index (χ1v) is 3.51. The first kappa shape index (κ1) is 8.73. The van der Waals surface area contributed by atoms with E-state index in [0.29, 0.717) is 11.3 Å². The van der Waals surface area contributed by atoms with Crippen LogP contribution in [0.3, 0.4) is 0 Å². The van der Waals surface area contributed by atoms with Crippen LogP contribution >= 0.6 is 0 Å². The van der Waals surface area contributed by atoms with Gasteiger partial charge in [-0.05, 0) is 6.92 Å². The molecule has 5 heteroatoms. The zero-order valence-electron chi connectivity index (χ0n) is 7.03. The van der Waals surface area contributed by atoms with Crippen molar-refractivity contribution in [2.45, 2.75) is 13.5 Å². The molecule has 0 spiro atoms. The molecule has 0 aromatic carbocycles. The molecule has 0 unspecified atom stereocenters. The van der Waals surface area contributed by atoms with Crippen molar-refractivity contribution in [1.82, 2.24) is 9.78 Å². The van der Waals surface area contributed by atoms with Gasteiger partial charge in [0.2, 0.25) is 0 Å². The summed E-state index contributed by atoms with van der Waals surface area (Å²) in [6.07, 6.45) is 0. The molecular formula is C7H11N3O2. The summed E-state index contributed by atoms with van der Waals surface area (Å²) >= 11 is 0. The molecule has 5 nitrogen and oxygen atoms in total. The van der Waals surface area contributed by atoms with E-state index in [9.17, 15) is 4.79 Å². The van der Waals surface area contributed by atoms with Crippen LogP contribution < -0.4 is 11.3 Å². The fourth-order valence-corrected chi connectivity index (χ4v) is 1.03. The summed E-state index contributed by atoms with van der Waals surface area (Å²) in [6.45, 7) is 1.45. The average Bonchev–Trinajstić information content (AvgIpc) is 2.01. The lowest BCUT2D eigenvalue weighted by atomic mass is 10.2. The van der Waals surface area contributed by atoms with E-state index in [4.69, 9.17) is 10.8 Å². The standard InChI is InChI=1S/C7H11N3O2/c1-4-5(3-11)6(8)7(12)10(2)9-4/h11H,3,8H2,1-2H3. The Bertz CT molecular complexity index is 356. The predicted molar refractivity (Wildman–Crippen MR) is 44.6 cm³/mol. The Labute approximate surface area is 69.4 Å². The maximum Gasteiger partial charge on any atom is 0.289 e. The molecule has 1 aromatic heterocycles. The smallest absolute Gasteiger partial charge is 0.289 e. The largest absolute Gasteiger partial charge is 0.394 e. The van der Waals surface area contributed by atoms with E-state index in [2.05, 4.69) is 5.10 Å². The number of nitrogens with two attached hydrogens (primary N) is 1. The lowest BCUT2D eigenvalue weighted by Crippen LogP contribution is -2.25. The number of aliphatic hydroxyl groups excluding tert-OH is 1. The number of nitrogens with zero attached hydrogens (tertiary/aromatic N) is 2. The van der Waals surface area contributed by atoms with E-state index in [0.717, 1.165) is 4.68 Å². The van der Waals surface area contributed by atoms with Crippen molar-refractivity contribution in [3.05, 3.63) is 21.6 Å². The third-order valence-electron chi connectivity index (χ3n) is 1.74. The van der Waals surface area contributed by atoms with E-state index < -0.39 is 0 Å². The number of anilines is 1. The third kappa shape index (κ3) is 1.18. The Morgan fingerprint density at radius 3 is 2.75 bits per heavy atom. The molecule has 1 rings (SSSR count). The lowest BCUT2D eigenvalue weighted by Gasteiger charge is -2.06. The van der Waals surface area contributed by atoms with Crippen LogP contribution in [-0.4, -0.2) is 14.9 Å². The van der Waals surface area contributed by atoms with Crippen molar-refractivity contribution in [3.63, 3.8) is 0 Å². The maximum absolute atomic E-state index is 11.2. The second-order valence-corrected chi connectivity index (χ2v) is 2.56. The van der Waals surface area contributed by atoms with Gasteiger partial charge in [-0.15, -0.1) is 0 Å². The minimum absolute atomic E-state index is 0.0764. The number of aromatic nitrogens is 2. The molecule has 0 radical (unpaired) electrons. The molecule has 12 heavy (non-hydrogen) atoms. The fourth-order valence-electron chi connectivity index (χ4n) is 1.03. The molecular weight excluding hydrogens is 158 g/mol. The number of nitrogen functional groups attached to an aromatic ring is 1. The molecule has 1 aromatic rings. The van der Waals surface area contributed by atoms with Gasteiger partial charge in [0.25, 0.3) is 5.56 Å². The molecule has 66 valence electrons. The van der Waals surface area contributed by atoms with Gasteiger partial charge in [-0.25, -0.2) is 4.68 Å². The molecule has 0 aliphatic carbocycles. The van der Waals surface area contributed by atoms with Crippen molar-refractivity contribution < 1.29 is 5.11 Å². The van der Waals surface area contributed by atoms with Crippen LogP contribution in [0.2, 0.25) is 0 Å². The Kier molecular flexibility index (Phi) is 2.14. The van der Waals surface area contributed by atoms with Gasteiger partial charge in [0.15, 0.2) is 0 Å². The predicted octanol–water partition coefficient (Wildman–Crippen LogP) is -0.837. The Morgan fingerprint density at radius 1 is 1.67 bits per heavy atom. The van der Waals surface area contributed by atoms with Gasteiger partial charge in [-0.2, -0.15) is 5.10 Å². The van der Waals surface area contributed by atoms with Gasteiger partial charge in [-0.1, -0.05) is 0 Å². The molecule has 0 aliphatic heterocycles. The van der Waals surface area contributed by atoms with Gasteiger partial charge in [0.05, 0.1) is 12.3 Å². The first-order valence-electron chi connectivity index (χ1n) is 3.51. The van der Waals surface area contributed by atoms with Crippen molar-refractivity contribution in [2.24, 2.45) is 7.05 Å². The van der Waals surface area contributed by atoms with Gasteiger partial charge in [0, 0.05) is 12.6 Å². The van der Waals surface area contributed by atoms with Gasteiger partial charge < -0.3 is 10.8 Å². The molecule has 0 fully saturated rings. The second-order valence-electron chi connectivity index (χ2n) is 2.56. The highest BCUT2D eigenvalue weighted by molar-refractivity contribution is 5.45. The highest BCUT2D eigenvalue weighted by atomic mass is 16.3. The number of aliphatic hydroxyl groups is 1. The molecule has 0 saturated heterocycles. The number of hydrogen-bond acceptors (Lipinski definition) is 4. The summed E-state index contributed by atoms with van der Waals surface area (Å²) in [5.41, 5.74) is 6.16. The summed E-state index contributed by atoms with van der Waals surface area (Å²) in [7, 11) is 1.52. The summed E-state index contributed by atoms with van der Waals surface area (Å²) in [6, 6.07) is 0. The Morgan fingerprint density at radius 2 is 2.25 bits per heavy atom. The topological polar surface area (TPSA) is 81.1 Å². The normalized spacial score (nSPS) is 10.2. The SMILES string of the molecule is Cc1nn(C)c(=O)c(N)c1CO. The van der Waals surface area contributed by atoms with Gasteiger partial charge >= 0.3 is 0 Å². The van der Waals surface area contributed by atoms with E-state index in [1.807, 2.05) is 0 Å². The van der Waals surface area contributed by atoms with Crippen LogP contribution in [0.5, 0.6) is 0 Å². The van der Waals surface area contributed by atoms with E-state index in [1.165, 1.54) is 7.05 Å². The summed E-state index contributed by atoms with van der Waals surface area (Å²) in [5, 5.41) is 12.7. The zero-order chi connectivity index (χ0) is 9.30. The Balaban J connectivity index is 3.52. The molecule has 0 aliphatic rings. The van der Waals surface area contributed by atoms with Crippen LogP contribution in [-0.2, 0) is 13.7 Å². The summed E-state index contributed by atoms with van der Waals surface area (Å²) in [4.78, 5) is 11.2. The zero-order valence-corrected chi connectivity index (χ0v) is 7.03. The molecule has 0 amide bonds. The second kappa shape index (κ2) is 2.94. The van der Waals surface area contributed by atoms with Crippen LogP contribution in [0.25, 0.3) is 0 Å². The Hall–Kier alpha value is -1.36. The van der Waals surface area contributed by atoms with E-state index >= 15 is 0 Å². The summed E-state index contributed by atoms with van der Waals surface area (Å²) < 4.78 is 1.16. The minimum Gasteiger partial charge on any atom is -0.394 e. The fraction of sp³-hybridized carbons (Fsp3) is 0.429. The highest BCUT2D eigenvalue weighted by Crippen LogP contribution is 2.08. The molecule has 0 atom stereocenters. The number of hydrogen-bond donors (Lipinski definition) is 2. The van der Waals surface area contributed by atoms with Crippen molar-refractivity contribution in [1.29, 1.82) is 0 Å². The number of aryl methyl sites for hydroxylation is 2.